The van der Waals surface area contributed by atoms with Gasteiger partial charge in [0.1, 0.15) is 0 Å². The van der Waals surface area contributed by atoms with Crippen molar-refractivity contribution in [3.63, 3.8) is 0 Å². The second-order valence-corrected chi connectivity index (χ2v) is 8.19. The van der Waals surface area contributed by atoms with E-state index in [4.69, 9.17) is 0 Å². The van der Waals surface area contributed by atoms with Crippen LogP contribution < -0.4 is 5.32 Å². The number of hydrogen-bond acceptors (Lipinski definition) is 3. The number of anilines is 1. The van der Waals surface area contributed by atoms with Gasteiger partial charge in [-0.1, -0.05) is 47.7 Å². The second kappa shape index (κ2) is 8.01. The van der Waals surface area contributed by atoms with Gasteiger partial charge < -0.3 is 5.32 Å². The van der Waals surface area contributed by atoms with Gasteiger partial charge in [0.05, 0.1) is 10.9 Å². The summed E-state index contributed by atoms with van der Waals surface area (Å²) in [5, 5.41) is 3.62. The van der Waals surface area contributed by atoms with Gasteiger partial charge in [-0.3, -0.25) is 9.36 Å². The first-order valence-corrected chi connectivity index (χ1v) is 9.89. The van der Waals surface area contributed by atoms with Crippen LogP contribution in [0.25, 0.3) is 5.69 Å². The average molecular weight is 380 g/mol. The Kier molecular flexibility index (Phi) is 5.71. The standard InChI is InChI=1S/C22H25N3OS/c1-14-9-10-19(17(4)13-14)25-12-11-23-22(25)27-18(5)21(26)24-20-15(2)7-6-8-16(20)3/h6-13,18H,1-5H3,(H,24,26). The van der Waals surface area contributed by atoms with E-state index in [1.807, 2.05) is 49.7 Å². The Labute approximate surface area is 165 Å². The van der Waals surface area contributed by atoms with Gasteiger partial charge in [-0.05, 0) is 57.4 Å². The number of para-hydroxylation sites is 1. The first-order chi connectivity index (χ1) is 12.9. The molecule has 1 N–H and O–H groups in total. The molecule has 0 spiro atoms. The highest BCUT2D eigenvalue weighted by molar-refractivity contribution is 8.00. The van der Waals surface area contributed by atoms with Crippen LogP contribution in [0.4, 0.5) is 5.69 Å². The summed E-state index contributed by atoms with van der Waals surface area (Å²) in [6, 6.07) is 12.4. The normalized spacial score (nSPS) is 12.0. The zero-order chi connectivity index (χ0) is 19.6. The number of aromatic nitrogens is 2. The van der Waals surface area contributed by atoms with Crippen LogP contribution in [0.1, 0.15) is 29.2 Å². The lowest BCUT2D eigenvalue weighted by Crippen LogP contribution is -2.23. The summed E-state index contributed by atoms with van der Waals surface area (Å²) in [6.45, 7) is 10.1. The summed E-state index contributed by atoms with van der Waals surface area (Å²) in [5.41, 5.74) is 6.53. The van der Waals surface area contributed by atoms with E-state index in [9.17, 15) is 4.79 Å². The number of amides is 1. The van der Waals surface area contributed by atoms with E-state index in [0.717, 1.165) is 27.7 Å². The fourth-order valence-corrected chi connectivity index (χ4v) is 3.96. The highest BCUT2D eigenvalue weighted by Crippen LogP contribution is 2.28. The molecule has 0 fully saturated rings. The molecule has 4 nitrogen and oxygen atoms in total. The Morgan fingerprint density at radius 3 is 2.44 bits per heavy atom. The molecule has 0 saturated carbocycles. The maximum atomic E-state index is 12.7. The van der Waals surface area contributed by atoms with Crippen molar-refractivity contribution in [1.82, 2.24) is 9.55 Å². The van der Waals surface area contributed by atoms with E-state index >= 15 is 0 Å². The number of rotatable bonds is 5. The summed E-state index contributed by atoms with van der Waals surface area (Å²) in [7, 11) is 0. The minimum Gasteiger partial charge on any atom is -0.325 e. The van der Waals surface area contributed by atoms with Gasteiger partial charge in [0.25, 0.3) is 0 Å². The molecule has 3 aromatic rings. The minimum atomic E-state index is -0.268. The molecule has 1 aromatic heterocycles. The van der Waals surface area contributed by atoms with E-state index in [1.165, 1.54) is 22.9 Å². The third-order valence-electron chi connectivity index (χ3n) is 4.60. The highest BCUT2D eigenvalue weighted by atomic mass is 32.2. The fourth-order valence-electron chi connectivity index (χ4n) is 3.08. The lowest BCUT2D eigenvalue weighted by atomic mass is 10.1. The van der Waals surface area contributed by atoms with E-state index < -0.39 is 0 Å². The number of carbonyl (C=O) groups is 1. The van der Waals surface area contributed by atoms with Crippen LogP contribution in [-0.4, -0.2) is 20.7 Å². The Morgan fingerprint density at radius 2 is 1.78 bits per heavy atom. The van der Waals surface area contributed by atoms with Gasteiger partial charge >= 0.3 is 0 Å². The van der Waals surface area contributed by atoms with Crippen molar-refractivity contribution >= 4 is 23.4 Å². The van der Waals surface area contributed by atoms with Crippen molar-refractivity contribution in [2.45, 2.75) is 45.0 Å². The highest BCUT2D eigenvalue weighted by Gasteiger charge is 2.19. The maximum absolute atomic E-state index is 12.7. The molecule has 1 heterocycles. The van der Waals surface area contributed by atoms with Gasteiger partial charge in [-0.2, -0.15) is 0 Å². The number of benzene rings is 2. The molecule has 1 amide bonds. The number of nitrogens with one attached hydrogen (secondary N) is 1. The van der Waals surface area contributed by atoms with Crippen molar-refractivity contribution in [3.8, 4) is 5.69 Å². The molecule has 1 atom stereocenters. The Morgan fingerprint density at radius 1 is 1.07 bits per heavy atom. The van der Waals surface area contributed by atoms with Crippen molar-refractivity contribution in [1.29, 1.82) is 0 Å². The van der Waals surface area contributed by atoms with Crippen molar-refractivity contribution in [3.05, 3.63) is 71.0 Å². The molecule has 140 valence electrons. The molecule has 3 rings (SSSR count). The third-order valence-corrected chi connectivity index (χ3v) is 5.68. The molecular formula is C22H25N3OS. The molecule has 0 bridgehead atoms. The summed E-state index contributed by atoms with van der Waals surface area (Å²) >= 11 is 1.46. The molecule has 2 aromatic carbocycles. The average Bonchev–Trinajstić information content (AvgIpc) is 3.06. The monoisotopic (exact) mass is 379 g/mol. The number of nitrogens with zero attached hydrogens (tertiary/aromatic N) is 2. The summed E-state index contributed by atoms with van der Waals surface area (Å²) < 4.78 is 2.04. The second-order valence-electron chi connectivity index (χ2n) is 6.89. The van der Waals surface area contributed by atoms with E-state index in [0.29, 0.717) is 0 Å². The molecule has 0 saturated heterocycles. The molecule has 5 heteroatoms. The zero-order valence-electron chi connectivity index (χ0n) is 16.4. The first kappa shape index (κ1) is 19.2. The third kappa shape index (κ3) is 4.25. The molecular weight excluding hydrogens is 354 g/mol. The van der Waals surface area contributed by atoms with Crippen molar-refractivity contribution in [2.24, 2.45) is 0 Å². The van der Waals surface area contributed by atoms with Crippen LogP contribution in [-0.2, 0) is 4.79 Å². The van der Waals surface area contributed by atoms with E-state index in [2.05, 4.69) is 42.3 Å². The van der Waals surface area contributed by atoms with Crippen LogP contribution in [0.3, 0.4) is 0 Å². The fraction of sp³-hybridized carbons (Fsp3) is 0.273. The molecule has 1 unspecified atom stereocenters. The van der Waals surface area contributed by atoms with Crippen LogP contribution >= 0.6 is 11.8 Å². The maximum Gasteiger partial charge on any atom is 0.237 e. The topological polar surface area (TPSA) is 46.9 Å². The van der Waals surface area contributed by atoms with Gasteiger partial charge in [0, 0.05) is 18.1 Å². The predicted molar refractivity (Wildman–Crippen MR) is 113 cm³/mol. The Hall–Kier alpha value is -2.53. The largest absolute Gasteiger partial charge is 0.325 e. The van der Waals surface area contributed by atoms with Crippen LogP contribution in [0, 0.1) is 27.7 Å². The van der Waals surface area contributed by atoms with Crippen molar-refractivity contribution < 1.29 is 4.79 Å². The summed E-state index contributed by atoms with van der Waals surface area (Å²) in [4.78, 5) is 17.2. The smallest absolute Gasteiger partial charge is 0.237 e. The van der Waals surface area contributed by atoms with Gasteiger partial charge in [-0.25, -0.2) is 4.98 Å². The van der Waals surface area contributed by atoms with E-state index in [-0.39, 0.29) is 11.2 Å². The Bertz CT molecular complexity index is 957. The van der Waals surface area contributed by atoms with E-state index in [1.54, 1.807) is 6.20 Å². The molecule has 0 aliphatic carbocycles. The lowest BCUT2D eigenvalue weighted by Gasteiger charge is -2.16. The molecule has 0 aliphatic rings. The van der Waals surface area contributed by atoms with Gasteiger partial charge in [-0.15, -0.1) is 0 Å². The molecule has 0 aliphatic heterocycles. The van der Waals surface area contributed by atoms with Gasteiger partial charge in [0.2, 0.25) is 5.91 Å². The number of carbonyl (C=O) groups excluding carboxylic acids is 1. The zero-order valence-corrected chi connectivity index (χ0v) is 17.2. The molecule has 0 radical (unpaired) electrons. The number of thioether (sulfide) groups is 1. The number of hydrogen-bond donors (Lipinski definition) is 1. The minimum absolute atomic E-state index is 0.0208. The Balaban J connectivity index is 1.78. The SMILES string of the molecule is Cc1ccc(-n2ccnc2SC(C)C(=O)Nc2c(C)cccc2C)c(C)c1. The summed E-state index contributed by atoms with van der Waals surface area (Å²) in [6.07, 6.45) is 3.72. The predicted octanol–water partition coefficient (Wildman–Crippen LogP) is 5.23. The van der Waals surface area contributed by atoms with Crippen LogP contribution in [0.2, 0.25) is 0 Å². The first-order valence-electron chi connectivity index (χ1n) is 9.01. The lowest BCUT2D eigenvalue weighted by molar-refractivity contribution is -0.115. The summed E-state index contributed by atoms with van der Waals surface area (Å²) in [5.74, 6) is -0.0208. The number of aryl methyl sites for hydroxylation is 4. The van der Waals surface area contributed by atoms with Crippen molar-refractivity contribution in [2.75, 3.05) is 5.32 Å². The molecule has 27 heavy (non-hydrogen) atoms. The number of imidazole rings is 1. The van der Waals surface area contributed by atoms with Gasteiger partial charge in [0.15, 0.2) is 5.16 Å². The van der Waals surface area contributed by atoms with Crippen LogP contribution in [0.15, 0.2) is 53.9 Å². The van der Waals surface area contributed by atoms with Crippen LogP contribution in [0.5, 0.6) is 0 Å². The quantitative estimate of drug-likeness (QED) is 0.618.